The molecule has 0 saturated carbocycles. The lowest BCUT2D eigenvalue weighted by Crippen LogP contribution is -2.20. The highest BCUT2D eigenvalue weighted by atomic mass is 19.4. The molecule has 0 unspecified atom stereocenters. The standard InChI is InChI=1S/C16H12F3NO3/c1-10(21)12-7-8-13(14(9-12)23-16(17,18)19)20-15(22)11-5-3-2-4-6-11/h2-9H,1H3,(H,20,22). The molecule has 0 bridgehead atoms. The number of carbonyl (C=O) groups excluding carboxylic acids is 2. The van der Waals surface area contributed by atoms with E-state index < -0.39 is 23.8 Å². The molecule has 23 heavy (non-hydrogen) atoms. The minimum absolute atomic E-state index is 0.0435. The molecule has 0 aliphatic carbocycles. The maximum absolute atomic E-state index is 12.5. The minimum Gasteiger partial charge on any atom is -0.404 e. The molecule has 7 heteroatoms. The average molecular weight is 323 g/mol. The lowest BCUT2D eigenvalue weighted by molar-refractivity contribution is -0.274. The van der Waals surface area contributed by atoms with Gasteiger partial charge in [0.1, 0.15) is 0 Å². The maximum atomic E-state index is 12.5. The summed E-state index contributed by atoms with van der Waals surface area (Å²) < 4.78 is 41.4. The second-order valence-electron chi connectivity index (χ2n) is 4.64. The summed E-state index contributed by atoms with van der Waals surface area (Å²) in [5.74, 6) is -1.65. The summed E-state index contributed by atoms with van der Waals surface area (Å²) in [6, 6.07) is 11.4. The van der Waals surface area contributed by atoms with Crippen LogP contribution in [0.15, 0.2) is 48.5 Å². The van der Waals surface area contributed by atoms with Gasteiger partial charge in [-0.3, -0.25) is 9.59 Å². The Bertz CT molecular complexity index is 727. The van der Waals surface area contributed by atoms with Crippen LogP contribution < -0.4 is 10.1 Å². The largest absolute Gasteiger partial charge is 0.573 e. The van der Waals surface area contributed by atoms with E-state index in [-0.39, 0.29) is 16.8 Å². The number of Topliss-reactive ketones (excluding diaryl/α,β-unsaturated/α-hetero) is 1. The average Bonchev–Trinajstić information content (AvgIpc) is 2.48. The fourth-order valence-corrected chi connectivity index (χ4v) is 1.84. The van der Waals surface area contributed by atoms with Crippen molar-refractivity contribution in [1.29, 1.82) is 0 Å². The van der Waals surface area contributed by atoms with Crippen LogP contribution in [0.25, 0.3) is 0 Å². The van der Waals surface area contributed by atoms with Crippen molar-refractivity contribution in [3.05, 3.63) is 59.7 Å². The predicted octanol–water partition coefficient (Wildman–Crippen LogP) is 4.04. The normalized spacial score (nSPS) is 11.0. The molecule has 120 valence electrons. The van der Waals surface area contributed by atoms with Gasteiger partial charge in [-0.15, -0.1) is 13.2 Å². The van der Waals surface area contributed by atoms with Gasteiger partial charge in [-0.25, -0.2) is 0 Å². The van der Waals surface area contributed by atoms with Crippen LogP contribution in [-0.2, 0) is 0 Å². The van der Waals surface area contributed by atoms with Crippen molar-refractivity contribution in [2.45, 2.75) is 13.3 Å². The van der Waals surface area contributed by atoms with Crippen LogP contribution in [0.3, 0.4) is 0 Å². The van der Waals surface area contributed by atoms with E-state index in [9.17, 15) is 22.8 Å². The van der Waals surface area contributed by atoms with Crippen molar-refractivity contribution < 1.29 is 27.5 Å². The Morgan fingerprint density at radius 2 is 1.65 bits per heavy atom. The molecule has 0 spiro atoms. The second kappa shape index (κ2) is 6.51. The predicted molar refractivity (Wildman–Crippen MR) is 77.5 cm³/mol. The van der Waals surface area contributed by atoms with Crippen molar-refractivity contribution >= 4 is 17.4 Å². The third-order valence-electron chi connectivity index (χ3n) is 2.90. The number of carbonyl (C=O) groups is 2. The Kier molecular flexibility index (Phi) is 4.68. The third kappa shape index (κ3) is 4.57. The van der Waals surface area contributed by atoms with Gasteiger partial charge in [0.25, 0.3) is 5.91 Å². The van der Waals surface area contributed by atoms with Crippen molar-refractivity contribution in [1.82, 2.24) is 0 Å². The molecule has 1 N–H and O–H groups in total. The van der Waals surface area contributed by atoms with E-state index in [1.165, 1.54) is 31.2 Å². The summed E-state index contributed by atoms with van der Waals surface area (Å²) >= 11 is 0. The molecule has 4 nitrogen and oxygen atoms in total. The quantitative estimate of drug-likeness (QED) is 0.864. The van der Waals surface area contributed by atoms with Gasteiger partial charge in [0.2, 0.25) is 0 Å². The number of alkyl halides is 3. The number of amides is 1. The molecule has 2 rings (SSSR count). The van der Waals surface area contributed by atoms with Crippen LogP contribution in [0.2, 0.25) is 0 Å². The minimum atomic E-state index is -4.94. The zero-order chi connectivity index (χ0) is 17.0. The first-order valence-corrected chi connectivity index (χ1v) is 6.53. The second-order valence-corrected chi connectivity index (χ2v) is 4.64. The van der Waals surface area contributed by atoms with E-state index >= 15 is 0 Å². The molecular formula is C16H12F3NO3. The monoisotopic (exact) mass is 323 g/mol. The number of halogens is 3. The third-order valence-corrected chi connectivity index (χ3v) is 2.90. The van der Waals surface area contributed by atoms with Gasteiger partial charge in [-0.05, 0) is 37.3 Å². The zero-order valence-corrected chi connectivity index (χ0v) is 12.0. The van der Waals surface area contributed by atoms with E-state index in [4.69, 9.17) is 0 Å². The fourth-order valence-electron chi connectivity index (χ4n) is 1.84. The molecular weight excluding hydrogens is 311 g/mol. The Balaban J connectivity index is 2.33. The summed E-state index contributed by atoms with van der Waals surface area (Å²) in [5.41, 5.74) is 0.143. The van der Waals surface area contributed by atoms with Crippen LogP contribution in [0, 0.1) is 0 Å². The first kappa shape index (κ1) is 16.5. The fraction of sp³-hybridized carbons (Fsp3) is 0.125. The molecule has 0 fully saturated rings. The summed E-state index contributed by atoms with van der Waals surface area (Å²) in [6.07, 6.45) is -4.94. The summed E-state index contributed by atoms with van der Waals surface area (Å²) in [5, 5.41) is 2.34. The van der Waals surface area contributed by atoms with Crippen LogP contribution in [0.4, 0.5) is 18.9 Å². The molecule has 0 saturated heterocycles. The van der Waals surface area contributed by atoms with E-state index in [2.05, 4.69) is 10.1 Å². The SMILES string of the molecule is CC(=O)c1ccc(NC(=O)c2ccccc2)c(OC(F)(F)F)c1. The number of hydrogen-bond donors (Lipinski definition) is 1. The lowest BCUT2D eigenvalue weighted by Gasteiger charge is -2.15. The Morgan fingerprint density at radius 1 is 1.00 bits per heavy atom. The molecule has 0 aliphatic heterocycles. The molecule has 1 amide bonds. The number of hydrogen-bond acceptors (Lipinski definition) is 3. The van der Waals surface area contributed by atoms with Crippen LogP contribution in [0.5, 0.6) is 5.75 Å². The molecule has 0 atom stereocenters. The lowest BCUT2D eigenvalue weighted by atomic mass is 10.1. The number of ether oxygens (including phenoxy) is 1. The van der Waals surface area contributed by atoms with Crippen LogP contribution in [0.1, 0.15) is 27.6 Å². The van der Waals surface area contributed by atoms with Gasteiger partial charge in [-0.1, -0.05) is 18.2 Å². The van der Waals surface area contributed by atoms with Crippen molar-refractivity contribution in [3.63, 3.8) is 0 Å². The zero-order valence-electron chi connectivity index (χ0n) is 12.0. The summed E-state index contributed by atoms with van der Waals surface area (Å²) in [4.78, 5) is 23.3. The highest BCUT2D eigenvalue weighted by Crippen LogP contribution is 2.31. The Morgan fingerprint density at radius 3 is 2.22 bits per heavy atom. The molecule has 0 aromatic heterocycles. The number of rotatable bonds is 4. The van der Waals surface area contributed by atoms with E-state index in [0.717, 1.165) is 6.07 Å². The first-order chi connectivity index (χ1) is 10.8. The molecule has 2 aromatic carbocycles. The summed E-state index contributed by atoms with van der Waals surface area (Å²) in [7, 11) is 0. The van der Waals surface area contributed by atoms with Crippen molar-refractivity contribution in [3.8, 4) is 5.75 Å². The van der Waals surface area contributed by atoms with Crippen LogP contribution >= 0.6 is 0 Å². The van der Waals surface area contributed by atoms with E-state index in [1.807, 2.05) is 0 Å². The van der Waals surface area contributed by atoms with Gasteiger partial charge in [0.05, 0.1) is 5.69 Å². The number of benzene rings is 2. The van der Waals surface area contributed by atoms with Gasteiger partial charge >= 0.3 is 6.36 Å². The van der Waals surface area contributed by atoms with E-state index in [1.54, 1.807) is 18.2 Å². The summed E-state index contributed by atoms with van der Waals surface area (Å²) in [6.45, 7) is 1.22. The highest BCUT2D eigenvalue weighted by molar-refractivity contribution is 6.05. The maximum Gasteiger partial charge on any atom is 0.573 e. The molecule has 2 aromatic rings. The topological polar surface area (TPSA) is 55.4 Å². The van der Waals surface area contributed by atoms with Gasteiger partial charge < -0.3 is 10.1 Å². The highest BCUT2D eigenvalue weighted by Gasteiger charge is 2.32. The van der Waals surface area contributed by atoms with Crippen molar-refractivity contribution in [2.75, 3.05) is 5.32 Å². The Hall–Kier alpha value is -2.83. The molecule has 0 heterocycles. The first-order valence-electron chi connectivity index (χ1n) is 6.53. The van der Waals surface area contributed by atoms with Gasteiger partial charge in [0.15, 0.2) is 11.5 Å². The number of anilines is 1. The molecule has 0 aliphatic rings. The van der Waals surface area contributed by atoms with Gasteiger partial charge in [-0.2, -0.15) is 0 Å². The van der Waals surface area contributed by atoms with Gasteiger partial charge in [0, 0.05) is 11.1 Å². The Labute approximate surface area is 129 Å². The number of nitrogens with one attached hydrogen (secondary N) is 1. The molecule has 0 radical (unpaired) electrons. The van der Waals surface area contributed by atoms with Crippen LogP contribution in [-0.4, -0.2) is 18.1 Å². The van der Waals surface area contributed by atoms with E-state index in [0.29, 0.717) is 0 Å². The smallest absolute Gasteiger partial charge is 0.404 e. The van der Waals surface area contributed by atoms with Crippen molar-refractivity contribution in [2.24, 2.45) is 0 Å². The number of ketones is 1.